The summed E-state index contributed by atoms with van der Waals surface area (Å²) < 4.78 is 0. The van der Waals surface area contributed by atoms with E-state index < -0.39 is 17.7 Å². The van der Waals surface area contributed by atoms with Crippen molar-refractivity contribution in [3.05, 3.63) is 99.8 Å². The van der Waals surface area contributed by atoms with Crippen molar-refractivity contribution in [1.29, 1.82) is 0 Å². The van der Waals surface area contributed by atoms with Crippen LogP contribution >= 0.6 is 11.6 Å². The molecule has 1 atom stereocenters. The Morgan fingerprint density at radius 3 is 2.27 bits per heavy atom. The lowest BCUT2D eigenvalue weighted by molar-refractivity contribution is -0.132. The predicted molar refractivity (Wildman–Crippen MR) is 116 cm³/mol. The number of carbonyl (C=O) groups is 2. The number of pyridine rings is 1. The molecule has 0 aliphatic carbocycles. The van der Waals surface area contributed by atoms with Crippen molar-refractivity contribution in [3.63, 3.8) is 0 Å². The molecule has 5 nitrogen and oxygen atoms in total. The summed E-state index contributed by atoms with van der Waals surface area (Å²) in [6.45, 7) is 3.90. The number of carbonyl (C=O) groups excluding carboxylic acids is 2. The van der Waals surface area contributed by atoms with Gasteiger partial charge in [0.1, 0.15) is 5.76 Å². The number of Topliss-reactive ketones (excluding diaryl/α,β-unsaturated/α-hetero) is 1. The van der Waals surface area contributed by atoms with Crippen molar-refractivity contribution in [3.8, 4) is 0 Å². The first-order valence-electron chi connectivity index (χ1n) is 9.42. The number of aromatic nitrogens is 1. The number of aliphatic hydroxyl groups is 1. The van der Waals surface area contributed by atoms with Gasteiger partial charge in [0, 0.05) is 28.7 Å². The van der Waals surface area contributed by atoms with Crippen LogP contribution in [-0.4, -0.2) is 21.8 Å². The minimum atomic E-state index is -0.782. The van der Waals surface area contributed by atoms with Gasteiger partial charge in [-0.1, -0.05) is 23.7 Å². The Morgan fingerprint density at radius 1 is 0.967 bits per heavy atom. The highest BCUT2D eigenvalue weighted by Crippen LogP contribution is 2.42. The maximum absolute atomic E-state index is 13.1. The van der Waals surface area contributed by atoms with Crippen LogP contribution in [0.15, 0.2) is 72.6 Å². The number of aliphatic hydroxyl groups excluding tert-OH is 1. The van der Waals surface area contributed by atoms with E-state index in [1.165, 1.54) is 4.90 Å². The van der Waals surface area contributed by atoms with Crippen LogP contribution < -0.4 is 4.90 Å². The Hall–Kier alpha value is -3.44. The van der Waals surface area contributed by atoms with Crippen LogP contribution in [0.4, 0.5) is 5.69 Å². The predicted octanol–water partition coefficient (Wildman–Crippen LogP) is 4.98. The molecule has 30 heavy (non-hydrogen) atoms. The summed E-state index contributed by atoms with van der Waals surface area (Å²) in [6.07, 6.45) is 3.18. The number of hydrogen-bond donors (Lipinski definition) is 1. The summed E-state index contributed by atoms with van der Waals surface area (Å²) in [6, 6.07) is 14.8. The SMILES string of the molecule is Cc1ccc(/C(O)=C2/C(=O)C(=O)N(c3ccc(Cl)cc3)C2c2ccncc2)cc1C. The normalized spacial score (nSPS) is 18.1. The molecule has 1 N–H and O–H groups in total. The van der Waals surface area contributed by atoms with E-state index in [2.05, 4.69) is 4.98 Å². The highest BCUT2D eigenvalue weighted by molar-refractivity contribution is 6.51. The maximum Gasteiger partial charge on any atom is 0.300 e. The first kappa shape index (κ1) is 19.9. The third-order valence-electron chi connectivity index (χ3n) is 5.35. The monoisotopic (exact) mass is 418 g/mol. The number of ketones is 1. The number of anilines is 1. The van der Waals surface area contributed by atoms with E-state index >= 15 is 0 Å². The molecule has 0 saturated carbocycles. The highest BCUT2D eigenvalue weighted by atomic mass is 35.5. The summed E-state index contributed by atoms with van der Waals surface area (Å²) in [4.78, 5) is 31.5. The molecule has 0 radical (unpaired) electrons. The van der Waals surface area contributed by atoms with Crippen molar-refractivity contribution < 1.29 is 14.7 Å². The second-order valence-corrected chi connectivity index (χ2v) is 7.66. The van der Waals surface area contributed by atoms with Crippen LogP contribution in [0.5, 0.6) is 0 Å². The lowest BCUT2D eigenvalue weighted by Gasteiger charge is -2.25. The van der Waals surface area contributed by atoms with Crippen molar-refractivity contribution in [2.24, 2.45) is 0 Å². The molecular formula is C24H19ClN2O3. The fraction of sp³-hybridized carbons (Fsp3) is 0.125. The van der Waals surface area contributed by atoms with Gasteiger partial charge in [0.25, 0.3) is 11.7 Å². The molecular weight excluding hydrogens is 400 g/mol. The molecule has 1 fully saturated rings. The molecule has 1 aromatic heterocycles. The van der Waals surface area contributed by atoms with Crippen LogP contribution in [0.25, 0.3) is 5.76 Å². The van der Waals surface area contributed by atoms with Gasteiger partial charge in [-0.2, -0.15) is 0 Å². The minimum absolute atomic E-state index is 0.0457. The molecule has 0 spiro atoms. The molecule has 6 heteroatoms. The Bertz CT molecular complexity index is 1170. The second kappa shape index (κ2) is 7.76. The summed E-state index contributed by atoms with van der Waals surface area (Å²) >= 11 is 6.00. The molecule has 150 valence electrons. The van der Waals surface area contributed by atoms with Gasteiger partial charge in [-0.3, -0.25) is 19.5 Å². The molecule has 1 saturated heterocycles. The Labute approximate surface area is 179 Å². The number of hydrogen-bond acceptors (Lipinski definition) is 4. The molecule has 4 rings (SSSR count). The minimum Gasteiger partial charge on any atom is -0.507 e. The average Bonchev–Trinajstić information content (AvgIpc) is 3.02. The summed E-state index contributed by atoms with van der Waals surface area (Å²) in [7, 11) is 0. The van der Waals surface area contributed by atoms with Gasteiger partial charge in [0.15, 0.2) is 0 Å². The van der Waals surface area contributed by atoms with Gasteiger partial charge in [-0.15, -0.1) is 0 Å². The van der Waals surface area contributed by atoms with Crippen LogP contribution in [0.3, 0.4) is 0 Å². The zero-order valence-corrected chi connectivity index (χ0v) is 17.2. The third-order valence-corrected chi connectivity index (χ3v) is 5.60. The molecule has 2 aromatic carbocycles. The molecule has 1 aliphatic heterocycles. The first-order valence-corrected chi connectivity index (χ1v) is 9.80. The lowest BCUT2D eigenvalue weighted by atomic mass is 9.94. The molecule has 2 heterocycles. The topological polar surface area (TPSA) is 70.5 Å². The van der Waals surface area contributed by atoms with E-state index in [1.807, 2.05) is 26.0 Å². The molecule has 1 aliphatic rings. The molecule has 3 aromatic rings. The van der Waals surface area contributed by atoms with Gasteiger partial charge in [0.2, 0.25) is 0 Å². The highest BCUT2D eigenvalue weighted by Gasteiger charge is 2.46. The zero-order valence-electron chi connectivity index (χ0n) is 16.5. The Kier molecular flexibility index (Phi) is 5.14. The summed E-state index contributed by atoms with van der Waals surface area (Å²) in [5.74, 6) is -1.64. The third kappa shape index (κ3) is 3.37. The smallest absolute Gasteiger partial charge is 0.300 e. The number of nitrogens with zero attached hydrogens (tertiary/aromatic N) is 2. The van der Waals surface area contributed by atoms with Crippen LogP contribution in [0.1, 0.15) is 28.3 Å². The molecule has 0 bridgehead atoms. The Morgan fingerprint density at radius 2 is 1.63 bits per heavy atom. The van der Waals surface area contributed by atoms with Crippen molar-refractivity contribution >= 4 is 34.7 Å². The standard InChI is InChI=1S/C24H19ClN2O3/c1-14-3-4-17(13-15(14)2)22(28)20-21(16-9-11-26-12-10-16)27(24(30)23(20)29)19-7-5-18(25)6-8-19/h3-13,21,28H,1-2H3/b22-20-. The van der Waals surface area contributed by atoms with Gasteiger partial charge >= 0.3 is 0 Å². The molecule has 1 amide bonds. The number of rotatable bonds is 3. The van der Waals surface area contributed by atoms with Crippen LogP contribution in [0.2, 0.25) is 5.02 Å². The number of benzene rings is 2. The van der Waals surface area contributed by atoms with E-state index in [9.17, 15) is 14.7 Å². The quantitative estimate of drug-likeness (QED) is 0.370. The number of halogens is 1. The maximum atomic E-state index is 13.1. The van der Waals surface area contributed by atoms with Crippen molar-refractivity contribution in [2.75, 3.05) is 4.90 Å². The second-order valence-electron chi connectivity index (χ2n) is 7.23. The van der Waals surface area contributed by atoms with Crippen molar-refractivity contribution in [1.82, 2.24) is 4.98 Å². The van der Waals surface area contributed by atoms with E-state index in [4.69, 9.17) is 11.6 Å². The van der Waals surface area contributed by atoms with E-state index in [0.29, 0.717) is 21.8 Å². The van der Waals surface area contributed by atoms with Gasteiger partial charge in [0.05, 0.1) is 11.6 Å². The average molecular weight is 419 g/mol. The zero-order chi connectivity index (χ0) is 21.4. The lowest BCUT2D eigenvalue weighted by Crippen LogP contribution is -2.29. The van der Waals surface area contributed by atoms with E-state index in [0.717, 1.165) is 11.1 Å². The van der Waals surface area contributed by atoms with E-state index in [-0.39, 0.29) is 11.3 Å². The van der Waals surface area contributed by atoms with Crippen molar-refractivity contribution in [2.45, 2.75) is 19.9 Å². The van der Waals surface area contributed by atoms with Gasteiger partial charge < -0.3 is 5.11 Å². The number of amides is 1. The largest absolute Gasteiger partial charge is 0.507 e. The number of aryl methyl sites for hydroxylation is 2. The Balaban J connectivity index is 1.94. The fourth-order valence-corrected chi connectivity index (χ4v) is 3.73. The van der Waals surface area contributed by atoms with Gasteiger partial charge in [-0.05, 0) is 73.0 Å². The summed E-state index contributed by atoms with van der Waals surface area (Å²) in [5, 5.41) is 11.6. The first-order chi connectivity index (χ1) is 14.4. The van der Waals surface area contributed by atoms with Crippen LogP contribution in [0, 0.1) is 13.8 Å². The van der Waals surface area contributed by atoms with Gasteiger partial charge in [-0.25, -0.2) is 0 Å². The molecule has 1 unspecified atom stereocenters. The fourth-order valence-electron chi connectivity index (χ4n) is 3.61. The summed E-state index contributed by atoms with van der Waals surface area (Å²) in [5.41, 5.74) is 3.77. The van der Waals surface area contributed by atoms with Crippen LogP contribution in [-0.2, 0) is 9.59 Å². The van der Waals surface area contributed by atoms with E-state index in [1.54, 1.807) is 54.9 Å².